The Morgan fingerprint density at radius 1 is 0.842 bits per heavy atom. The highest BCUT2D eigenvalue weighted by molar-refractivity contribution is 8.18. The van der Waals surface area contributed by atoms with Crippen molar-refractivity contribution in [2.24, 2.45) is 0 Å². The fraction of sp³-hybridized carbons (Fsp3) is 0.125. The van der Waals surface area contributed by atoms with E-state index in [2.05, 4.69) is 54.1 Å². The Morgan fingerprint density at radius 3 is 2.42 bits per heavy atom. The molecule has 1 fully saturated rings. The molecule has 0 spiro atoms. The minimum absolute atomic E-state index is 0.195. The van der Waals surface area contributed by atoms with Crippen LogP contribution in [0.15, 0.2) is 102 Å². The predicted octanol–water partition coefficient (Wildman–Crippen LogP) is 7.27. The molecule has 2 amide bonds. The van der Waals surface area contributed by atoms with Gasteiger partial charge in [0.2, 0.25) is 0 Å². The molecule has 1 aromatic heterocycles. The van der Waals surface area contributed by atoms with Crippen molar-refractivity contribution in [3.63, 3.8) is 0 Å². The van der Waals surface area contributed by atoms with E-state index in [9.17, 15) is 9.59 Å². The van der Waals surface area contributed by atoms with Crippen molar-refractivity contribution in [3.05, 3.63) is 119 Å². The lowest BCUT2D eigenvalue weighted by Crippen LogP contribution is -2.32. The van der Waals surface area contributed by atoms with Crippen molar-refractivity contribution < 1.29 is 14.3 Å². The first kappa shape index (κ1) is 24.1. The first-order chi connectivity index (χ1) is 18.6. The summed E-state index contributed by atoms with van der Waals surface area (Å²) in [5.41, 5.74) is 4.44. The molecule has 6 heteroatoms. The van der Waals surface area contributed by atoms with Crippen LogP contribution in [0.5, 0.6) is 5.75 Å². The summed E-state index contributed by atoms with van der Waals surface area (Å²) in [6.45, 7) is 3.23. The molecule has 1 aliphatic rings. The summed E-state index contributed by atoms with van der Waals surface area (Å²) in [7, 11) is 0. The highest BCUT2D eigenvalue weighted by Gasteiger charge is 2.35. The number of hydrogen-bond donors (Lipinski definition) is 0. The fourth-order valence-electron chi connectivity index (χ4n) is 4.81. The SMILES string of the molecule is Cc1ccc(Cn2cc(/C=C3\SC(=O)N(CCOc4cccc5ccccc45)C3=O)c3ccccc32)cc1. The van der Waals surface area contributed by atoms with Gasteiger partial charge >= 0.3 is 0 Å². The van der Waals surface area contributed by atoms with Crippen LogP contribution in [-0.2, 0) is 11.3 Å². The second-order valence-electron chi connectivity index (χ2n) is 9.37. The Hall–Kier alpha value is -4.29. The summed E-state index contributed by atoms with van der Waals surface area (Å²) in [5, 5.41) is 2.86. The van der Waals surface area contributed by atoms with Gasteiger partial charge in [0.25, 0.3) is 11.1 Å². The monoisotopic (exact) mass is 518 g/mol. The number of rotatable bonds is 7. The summed E-state index contributed by atoms with van der Waals surface area (Å²) in [4.78, 5) is 27.6. The van der Waals surface area contributed by atoms with Gasteiger partial charge in [-0.3, -0.25) is 14.5 Å². The number of thioether (sulfide) groups is 1. The molecule has 188 valence electrons. The van der Waals surface area contributed by atoms with Crippen LogP contribution in [0.25, 0.3) is 27.8 Å². The Balaban J connectivity index is 1.20. The molecule has 6 rings (SSSR count). The molecule has 0 bridgehead atoms. The maximum atomic E-state index is 13.2. The lowest BCUT2D eigenvalue weighted by atomic mass is 10.1. The summed E-state index contributed by atoms with van der Waals surface area (Å²) >= 11 is 0.983. The smallest absolute Gasteiger partial charge is 0.293 e. The van der Waals surface area contributed by atoms with E-state index in [1.807, 2.05) is 60.7 Å². The number of benzene rings is 4. The number of ether oxygens (including phenoxy) is 1. The van der Waals surface area contributed by atoms with Crippen molar-refractivity contribution in [1.82, 2.24) is 9.47 Å². The van der Waals surface area contributed by atoms with Crippen LogP contribution in [-0.4, -0.2) is 33.8 Å². The average molecular weight is 519 g/mol. The van der Waals surface area contributed by atoms with E-state index in [4.69, 9.17) is 4.74 Å². The number of aryl methyl sites for hydroxylation is 1. The summed E-state index contributed by atoms with van der Waals surface area (Å²) in [6, 6.07) is 30.5. The number of amides is 2. The van der Waals surface area contributed by atoms with E-state index >= 15 is 0 Å². The van der Waals surface area contributed by atoms with Crippen LogP contribution in [0.2, 0.25) is 0 Å². The standard InChI is InChI=1S/C32H26N2O3S/c1-22-13-15-23(16-14-22)20-33-21-25(26-9-4-5-11-28(26)33)19-30-31(35)34(32(36)38-30)17-18-37-29-12-6-8-24-7-2-3-10-27(24)29/h2-16,19,21H,17-18,20H2,1H3/b30-19-. The van der Waals surface area contributed by atoms with Gasteiger partial charge in [0.1, 0.15) is 12.4 Å². The Morgan fingerprint density at radius 2 is 1.58 bits per heavy atom. The van der Waals surface area contributed by atoms with Crippen LogP contribution in [0.3, 0.4) is 0 Å². The molecule has 0 radical (unpaired) electrons. The van der Waals surface area contributed by atoms with E-state index in [0.717, 1.165) is 51.3 Å². The van der Waals surface area contributed by atoms with E-state index in [1.54, 1.807) is 0 Å². The Kier molecular flexibility index (Phi) is 6.48. The molecule has 1 aliphatic heterocycles. The average Bonchev–Trinajstić information content (AvgIpc) is 3.41. The zero-order valence-corrected chi connectivity index (χ0v) is 21.8. The minimum Gasteiger partial charge on any atom is -0.491 e. The van der Waals surface area contributed by atoms with Crippen molar-refractivity contribution in [3.8, 4) is 5.75 Å². The van der Waals surface area contributed by atoms with Crippen molar-refractivity contribution in [2.45, 2.75) is 13.5 Å². The van der Waals surface area contributed by atoms with Crippen LogP contribution < -0.4 is 4.74 Å². The van der Waals surface area contributed by atoms with Gasteiger partial charge in [-0.2, -0.15) is 0 Å². The summed E-state index contributed by atoms with van der Waals surface area (Å²) in [5.74, 6) is 0.462. The van der Waals surface area contributed by atoms with Gasteiger partial charge in [-0.05, 0) is 47.8 Å². The number of carbonyl (C=O) groups is 2. The van der Waals surface area contributed by atoms with Gasteiger partial charge in [0.05, 0.1) is 11.4 Å². The molecule has 0 N–H and O–H groups in total. The highest BCUT2D eigenvalue weighted by Crippen LogP contribution is 2.34. The number of imide groups is 1. The number of nitrogens with zero attached hydrogens (tertiary/aromatic N) is 2. The molecule has 1 saturated heterocycles. The quantitative estimate of drug-likeness (QED) is 0.213. The normalized spacial score (nSPS) is 14.8. The van der Waals surface area contributed by atoms with Crippen LogP contribution >= 0.6 is 11.8 Å². The summed E-state index contributed by atoms with van der Waals surface area (Å²) < 4.78 is 8.17. The second kappa shape index (κ2) is 10.2. The predicted molar refractivity (Wildman–Crippen MR) is 154 cm³/mol. The summed E-state index contributed by atoms with van der Waals surface area (Å²) in [6.07, 6.45) is 3.90. The molecule has 0 unspecified atom stereocenters. The molecular weight excluding hydrogens is 492 g/mol. The van der Waals surface area contributed by atoms with Gasteiger partial charge in [0, 0.05) is 34.6 Å². The van der Waals surface area contributed by atoms with Gasteiger partial charge in [-0.1, -0.05) is 84.4 Å². The van der Waals surface area contributed by atoms with Gasteiger partial charge in [0.15, 0.2) is 0 Å². The minimum atomic E-state index is -0.281. The Bertz CT molecular complexity index is 1700. The van der Waals surface area contributed by atoms with Gasteiger partial charge in [-0.15, -0.1) is 0 Å². The first-order valence-corrected chi connectivity index (χ1v) is 13.4. The molecular formula is C32H26N2O3S. The van der Waals surface area contributed by atoms with E-state index in [1.165, 1.54) is 16.0 Å². The van der Waals surface area contributed by atoms with Crippen molar-refractivity contribution in [1.29, 1.82) is 0 Å². The zero-order valence-electron chi connectivity index (χ0n) is 21.0. The highest BCUT2D eigenvalue weighted by atomic mass is 32.2. The Labute approximate surface area is 225 Å². The lowest BCUT2D eigenvalue weighted by molar-refractivity contribution is -0.123. The van der Waals surface area contributed by atoms with Crippen LogP contribution in [0.4, 0.5) is 4.79 Å². The number of fused-ring (bicyclic) bond motifs is 2. The first-order valence-electron chi connectivity index (χ1n) is 12.6. The molecule has 2 heterocycles. The molecule has 38 heavy (non-hydrogen) atoms. The molecule has 5 aromatic rings. The lowest BCUT2D eigenvalue weighted by Gasteiger charge is -2.14. The van der Waals surface area contributed by atoms with Gasteiger partial charge < -0.3 is 9.30 Å². The topological polar surface area (TPSA) is 51.5 Å². The largest absolute Gasteiger partial charge is 0.491 e. The molecule has 5 nitrogen and oxygen atoms in total. The number of carbonyl (C=O) groups excluding carboxylic acids is 2. The molecule has 0 atom stereocenters. The molecule has 4 aromatic carbocycles. The number of aromatic nitrogens is 1. The van der Waals surface area contributed by atoms with Crippen molar-refractivity contribution in [2.75, 3.05) is 13.2 Å². The molecule has 0 aliphatic carbocycles. The third-order valence-corrected chi connectivity index (χ3v) is 7.68. The zero-order chi connectivity index (χ0) is 26.1. The van der Waals surface area contributed by atoms with Gasteiger partial charge in [-0.25, -0.2) is 0 Å². The third kappa shape index (κ3) is 4.71. The second-order valence-corrected chi connectivity index (χ2v) is 10.4. The number of hydrogen-bond acceptors (Lipinski definition) is 4. The maximum Gasteiger partial charge on any atom is 0.293 e. The maximum absolute atomic E-state index is 13.2. The van der Waals surface area contributed by atoms with Crippen molar-refractivity contribution >= 4 is 50.7 Å². The van der Waals surface area contributed by atoms with E-state index in [0.29, 0.717) is 4.91 Å². The van der Waals surface area contributed by atoms with Crippen LogP contribution in [0.1, 0.15) is 16.7 Å². The molecule has 0 saturated carbocycles. The number of para-hydroxylation sites is 1. The van der Waals surface area contributed by atoms with E-state index < -0.39 is 0 Å². The fourth-order valence-corrected chi connectivity index (χ4v) is 5.67. The van der Waals surface area contributed by atoms with E-state index in [-0.39, 0.29) is 24.3 Å². The third-order valence-electron chi connectivity index (χ3n) is 6.78. The van der Waals surface area contributed by atoms with Crippen LogP contribution in [0, 0.1) is 6.92 Å².